The van der Waals surface area contributed by atoms with E-state index in [4.69, 9.17) is 0 Å². The van der Waals surface area contributed by atoms with Crippen LogP contribution >= 0.6 is 15.9 Å². The monoisotopic (exact) mass is 334 g/mol. The Kier molecular flexibility index (Phi) is 3.65. The quantitative estimate of drug-likeness (QED) is 0.916. The standard InChI is InChI=1S/C15H19BrN4/c1-15(17-2)4-7-20(8-5-15)13-3-6-18-12-9-11(16)10-19-14(12)13/h3,6,9-10,17H,4-5,7-8H2,1-2H3. The summed E-state index contributed by atoms with van der Waals surface area (Å²) >= 11 is 3.45. The molecule has 0 unspecified atom stereocenters. The molecule has 0 atom stereocenters. The molecule has 1 saturated heterocycles. The Balaban J connectivity index is 1.92. The minimum Gasteiger partial charge on any atom is -0.370 e. The minimum atomic E-state index is 0.260. The highest BCUT2D eigenvalue weighted by molar-refractivity contribution is 9.10. The Morgan fingerprint density at radius 2 is 2.05 bits per heavy atom. The summed E-state index contributed by atoms with van der Waals surface area (Å²) in [6, 6.07) is 4.10. The van der Waals surface area contributed by atoms with Crippen LogP contribution in [0.3, 0.4) is 0 Å². The van der Waals surface area contributed by atoms with Gasteiger partial charge in [0, 0.05) is 35.5 Å². The van der Waals surface area contributed by atoms with Crippen LogP contribution in [-0.2, 0) is 0 Å². The van der Waals surface area contributed by atoms with E-state index in [1.54, 1.807) is 0 Å². The van der Waals surface area contributed by atoms with Crippen LogP contribution in [0.4, 0.5) is 5.69 Å². The number of nitrogens with one attached hydrogen (secondary N) is 1. The third kappa shape index (κ3) is 2.52. The van der Waals surface area contributed by atoms with E-state index in [1.807, 2.05) is 18.5 Å². The van der Waals surface area contributed by atoms with Gasteiger partial charge in [-0.25, -0.2) is 0 Å². The lowest BCUT2D eigenvalue weighted by atomic mass is 9.89. The molecule has 106 valence electrons. The Morgan fingerprint density at radius 3 is 2.75 bits per heavy atom. The average Bonchev–Trinajstić information content (AvgIpc) is 2.47. The van der Waals surface area contributed by atoms with Crippen LogP contribution < -0.4 is 10.2 Å². The summed E-state index contributed by atoms with van der Waals surface area (Å²) in [5.74, 6) is 0. The van der Waals surface area contributed by atoms with E-state index in [1.165, 1.54) is 5.69 Å². The Bertz CT molecular complexity index is 620. The molecule has 1 aliphatic rings. The topological polar surface area (TPSA) is 41.0 Å². The molecule has 3 rings (SSSR count). The summed E-state index contributed by atoms with van der Waals surface area (Å²) in [5.41, 5.74) is 3.39. The SMILES string of the molecule is CNC1(C)CCN(c2ccnc3cc(Br)cnc23)CC1. The summed E-state index contributed by atoms with van der Waals surface area (Å²) in [6.45, 7) is 4.40. The van der Waals surface area contributed by atoms with Gasteiger partial charge in [0.2, 0.25) is 0 Å². The highest BCUT2D eigenvalue weighted by Gasteiger charge is 2.29. The molecule has 1 aliphatic heterocycles. The molecule has 4 nitrogen and oxygen atoms in total. The van der Waals surface area contributed by atoms with Crippen molar-refractivity contribution < 1.29 is 0 Å². The van der Waals surface area contributed by atoms with Crippen molar-refractivity contribution in [2.24, 2.45) is 0 Å². The Hall–Kier alpha value is -1.20. The van der Waals surface area contributed by atoms with Crippen LogP contribution in [0, 0.1) is 0 Å². The van der Waals surface area contributed by atoms with Crippen molar-refractivity contribution in [1.82, 2.24) is 15.3 Å². The van der Waals surface area contributed by atoms with Crippen molar-refractivity contribution >= 4 is 32.7 Å². The van der Waals surface area contributed by atoms with Gasteiger partial charge < -0.3 is 10.2 Å². The predicted octanol–water partition coefficient (Wildman–Crippen LogP) is 2.97. The molecule has 0 amide bonds. The Labute approximate surface area is 127 Å². The predicted molar refractivity (Wildman–Crippen MR) is 86.1 cm³/mol. The average molecular weight is 335 g/mol. The molecule has 1 N–H and O–H groups in total. The molecule has 2 aromatic heterocycles. The fourth-order valence-corrected chi connectivity index (χ4v) is 3.06. The first-order valence-electron chi connectivity index (χ1n) is 6.95. The van der Waals surface area contributed by atoms with Crippen molar-refractivity contribution in [3.63, 3.8) is 0 Å². The highest BCUT2D eigenvalue weighted by atomic mass is 79.9. The third-order valence-electron chi connectivity index (χ3n) is 4.33. The third-order valence-corrected chi connectivity index (χ3v) is 4.77. The summed E-state index contributed by atoms with van der Waals surface area (Å²) in [4.78, 5) is 11.4. The van der Waals surface area contributed by atoms with Gasteiger partial charge in [0.15, 0.2) is 0 Å². The number of pyridine rings is 2. The molecule has 20 heavy (non-hydrogen) atoms. The van der Waals surface area contributed by atoms with Crippen LogP contribution in [-0.4, -0.2) is 35.6 Å². The second-order valence-electron chi connectivity index (χ2n) is 5.65. The lowest BCUT2D eigenvalue weighted by molar-refractivity contribution is 0.305. The fourth-order valence-electron chi connectivity index (χ4n) is 2.74. The number of fused-ring (bicyclic) bond motifs is 1. The molecule has 0 aromatic carbocycles. The molecule has 1 fully saturated rings. The van der Waals surface area contributed by atoms with Crippen molar-refractivity contribution in [2.75, 3.05) is 25.0 Å². The van der Waals surface area contributed by atoms with E-state index in [9.17, 15) is 0 Å². The van der Waals surface area contributed by atoms with Gasteiger partial charge >= 0.3 is 0 Å². The van der Waals surface area contributed by atoms with Crippen LogP contribution in [0.15, 0.2) is 29.0 Å². The van der Waals surface area contributed by atoms with Crippen LogP contribution in [0.25, 0.3) is 11.0 Å². The van der Waals surface area contributed by atoms with Crippen molar-refractivity contribution in [3.05, 3.63) is 29.0 Å². The molecule has 0 aliphatic carbocycles. The van der Waals surface area contributed by atoms with E-state index in [0.29, 0.717) is 0 Å². The zero-order valence-corrected chi connectivity index (χ0v) is 13.4. The molecular weight excluding hydrogens is 316 g/mol. The van der Waals surface area contributed by atoms with E-state index in [0.717, 1.165) is 41.4 Å². The molecule has 0 radical (unpaired) electrons. The largest absolute Gasteiger partial charge is 0.370 e. The lowest BCUT2D eigenvalue weighted by Crippen LogP contribution is -2.50. The zero-order valence-electron chi connectivity index (χ0n) is 11.9. The molecule has 0 saturated carbocycles. The van der Waals surface area contributed by atoms with Gasteiger partial charge in [-0.05, 0) is 54.9 Å². The summed E-state index contributed by atoms with van der Waals surface area (Å²) in [5, 5.41) is 3.44. The normalized spacial score (nSPS) is 18.4. The van der Waals surface area contributed by atoms with Crippen LogP contribution in [0.1, 0.15) is 19.8 Å². The van der Waals surface area contributed by atoms with Gasteiger partial charge in [-0.3, -0.25) is 9.97 Å². The number of anilines is 1. The first-order chi connectivity index (χ1) is 9.61. The van der Waals surface area contributed by atoms with Crippen LogP contribution in [0.5, 0.6) is 0 Å². The van der Waals surface area contributed by atoms with Crippen LogP contribution in [0.2, 0.25) is 0 Å². The van der Waals surface area contributed by atoms with Gasteiger partial charge in [-0.15, -0.1) is 0 Å². The number of piperidine rings is 1. The highest BCUT2D eigenvalue weighted by Crippen LogP contribution is 2.30. The molecule has 0 spiro atoms. The van der Waals surface area contributed by atoms with E-state index in [2.05, 4.69) is 56.2 Å². The summed E-state index contributed by atoms with van der Waals surface area (Å²) in [6.07, 6.45) is 6.00. The smallest absolute Gasteiger partial charge is 0.112 e. The van der Waals surface area contributed by atoms with Gasteiger partial charge in [0.1, 0.15) is 5.52 Å². The number of rotatable bonds is 2. The fraction of sp³-hybridized carbons (Fsp3) is 0.467. The molecule has 5 heteroatoms. The molecular formula is C15H19BrN4. The maximum Gasteiger partial charge on any atom is 0.112 e. The van der Waals surface area contributed by atoms with Gasteiger partial charge in [0.05, 0.1) is 11.2 Å². The molecule has 3 heterocycles. The maximum atomic E-state index is 4.55. The molecule has 0 bridgehead atoms. The van der Waals surface area contributed by atoms with E-state index < -0.39 is 0 Å². The van der Waals surface area contributed by atoms with Crippen molar-refractivity contribution in [1.29, 1.82) is 0 Å². The van der Waals surface area contributed by atoms with E-state index >= 15 is 0 Å². The molecule has 2 aromatic rings. The second kappa shape index (κ2) is 5.30. The number of hydrogen-bond acceptors (Lipinski definition) is 4. The first kappa shape index (κ1) is 13.8. The number of halogens is 1. The summed E-state index contributed by atoms with van der Waals surface area (Å²) in [7, 11) is 2.05. The minimum absolute atomic E-state index is 0.260. The number of nitrogens with zero attached hydrogens (tertiary/aromatic N) is 3. The van der Waals surface area contributed by atoms with Gasteiger partial charge in [-0.1, -0.05) is 0 Å². The van der Waals surface area contributed by atoms with Crippen molar-refractivity contribution in [3.8, 4) is 0 Å². The number of aromatic nitrogens is 2. The van der Waals surface area contributed by atoms with Gasteiger partial charge in [-0.2, -0.15) is 0 Å². The first-order valence-corrected chi connectivity index (χ1v) is 7.75. The van der Waals surface area contributed by atoms with Gasteiger partial charge in [0.25, 0.3) is 0 Å². The number of hydrogen-bond donors (Lipinski definition) is 1. The maximum absolute atomic E-state index is 4.55. The summed E-state index contributed by atoms with van der Waals surface area (Å²) < 4.78 is 0.969. The lowest BCUT2D eigenvalue weighted by Gasteiger charge is -2.40. The zero-order chi connectivity index (χ0) is 14.2. The second-order valence-corrected chi connectivity index (χ2v) is 6.56. The van der Waals surface area contributed by atoms with E-state index in [-0.39, 0.29) is 5.54 Å². The Morgan fingerprint density at radius 1 is 1.30 bits per heavy atom. The van der Waals surface area contributed by atoms with Crippen molar-refractivity contribution in [2.45, 2.75) is 25.3 Å².